The first kappa shape index (κ1) is 22.2. The Bertz CT molecular complexity index is 850. The maximum Gasteiger partial charge on any atom is 0.241 e. The predicted octanol–water partition coefficient (Wildman–Crippen LogP) is 3.03. The minimum atomic E-state index is -0.247. The molecule has 2 rings (SSSR count). The van der Waals surface area contributed by atoms with E-state index in [-0.39, 0.29) is 24.3 Å². The summed E-state index contributed by atoms with van der Waals surface area (Å²) in [6.07, 6.45) is 0. The largest absolute Gasteiger partial charge is 0.497 e. The molecule has 1 amide bonds. The van der Waals surface area contributed by atoms with E-state index in [0.717, 1.165) is 16.9 Å². The number of amides is 1. The highest BCUT2D eigenvalue weighted by Crippen LogP contribution is 2.16. The summed E-state index contributed by atoms with van der Waals surface area (Å²) in [5, 5.41) is 6.29. The molecule has 0 bridgehead atoms. The van der Waals surface area contributed by atoms with Crippen LogP contribution in [0.5, 0.6) is 5.75 Å². The second kappa shape index (κ2) is 10.5. The third-order valence-corrected chi connectivity index (χ3v) is 4.53. The van der Waals surface area contributed by atoms with Crippen LogP contribution >= 0.6 is 0 Å². The molecule has 0 heterocycles. The highest BCUT2D eigenvalue weighted by atomic mass is 19.1. The second-order valence-electron chi connectivity index (χ2n) is 7.03. The number of aliphatic imine (C=N–C) groups is 1. The number of guanidine groups is 1. The first-order valence-corrected chi connectivity index (χ1v) is 9.44. The fourth-order valence-corrected chi connectivity index (χ4v) is 2.54. The van der Waals surface area contributed by atoms with E-state index in [1.54, 1.807) is 34.2 Å². The van der Waals surface area contributed by atoms with Crippen molar-refractivity contribution in [3.63, 3.8) is 0 Å². The number of carbonyl (C=O) groups is 1. The molecule has 29 heavy (non-hydrogen) atoms. The summed E-state index contributed by atoms with van der Waals surface area (Å²) in [5.41, 5.74) is 2.40. The molecule has 1 unspecified atom stereocenters. The Kier molecular flexibility index (Phi) is 8.00. The molecule has 7 heteroatoms. The summed E-state index contributed by atoms with van der Waals surface area (Å²) in [4.78, 5) is 18.0. The Labute approximate surface area is 171 Å². The molecule has 0 aromatic heterocycles. The van der Waals surface area contributed by atoms with E-state index in [2.05, 4.69) is 15.6 Å². The molecule has 0 aliphatic rings. The number of hydrogen-bond donors (Lipinski definition) is 2. The van der Waals surface area contributed by atoms with Crippen molar-refractivity contribution in [2.75, 3.05) is 27.7 Å². The lowest BCUT2D eigenvalue weighted by molar-refractivity contribution is -0.127. The molecule has 0 aliphatic heterocycles. The monoisotopic (exact) mass is 400 g/mol. The number of likely N-dealkylation sites (N-methyl/N-ethyl adjacent to an activating group) is 1. The van der Waals surface area contributed by atoms with Gasteiger partial charge in [-0.2, -0.15) is 0 Å². The number of nitrogens with zero attached hydrogens (tertiary/aromatic N) is 2. The van der Waals surface area contributed by atoms with Gasteiger partial charge in [-0.25, -0.2) is 9.38 Å². The molecule has 0 radical (unpaired) electrons. The number of methoxy groups -OCH3 is 1. The van der Waals surface area contributed by atoms with Crippen LogP contribution in [-0.4, -0.2) is 44.5 Å². The quantitative estimate of drug-likeness (QED) is 0.554. The Morgan fingerprint density at radius 1 is 1.21 bits per heavy atom. The summed E-state index contributed by atoms with van der Waals surface area (Å²) in [7, 11) is 5.02. The Hall–Kier alpha value is -3.09. The first-order valence-electron chi connectivity index (χ1n) is 9.44. The van der Waals surface area contributed by atoms with Gasteiger partial charge in [-0.05, 0) is 48.7 Å². The minimum Gasteiger partial charge on any atom is -0.497 e. The molecule has 2 N–H and O–H groups in total. The molecule has 6 nitrogen and oxygen atoms in total. The van der Waals surface area contributed by atoms with Crippen molar-refractivity contribution < 1.29 is 13.9 Å². The van der Waals surface area contributed by atoms with Gasteiger partial charge in [0.1, 0.15) is 11.6 Å². The van der Waals surface area contributed by atoms with Crippen LogP contribution in [0.25, 0.3) is 0 Å². The van der Waals surface area contributed by atoms with Crippen LogP contribution in [0.4, 0.5) is 4.39 Å². The number of carbonyl (C=O) groups excluding carboxylic acids is 1. The Morgan fingerprint density at radius 2 is 1.90 bits per heavy atom. The Morgan fingerprint density at radius 3 is 2.48 bits per heavy atom. The van der Waals surface area contributed by atoms with E-state index >= 15 is 0 Å². The van der Waals surface area contributed by atoms with Crippen molar-refractivity contribution in [3.8, 4) is 5.75 Å². The average Bonchev–Trinajstić information content (AvgIpc) is 2.71. The van der Waals surface area contributed by atoms with Gasteiger partial charge in [-0.3, -0.25) is 4.79 Å². The van der Waals surface area contributed by atoms with Gasteiger partial charge in [-0.15, -0.1) is 0 Å². The van der Waals surface area contributed by atoms with Crippen LogP contribution in [0.1, 0.15) is 29.7 Å². The van der Waals surface area contributed by atoms with Crippen molar-refractivity contribution in [3.05, 3.63) is 65.0 Å². The zero-order chi connectivity index (χ0) is 21.4. The van der Waals surface area contributed by atoms with Crippen molar-refractivity contribution in [2.24, 2.45) is 4.99 Å². The lowest BCUT2D eigenvalue weighted by Crippen LogP contribution is -2.43. The smallest absolute Gasteiger partial charge is 0.241 e. The fourth-order valence-electron chi connectivity index (χ4n) is 2.54. The maximum atomic E-state index is 13.9. The van der Waals surface area contributed by atoms with Crippen molar-refractivity contribution in [1.82, 2.24) is 15.5 Å². The molecule has 0 aliphatic carbocycles. The number of benzene rings is 2. The van der Waals surface area contributed by atoms with E-state index in [0.29, 0.717) is 18.1 Å². The molecule has 1 atom stereocenters. The molecular weight excluding hydrogens is 371 g/mol. The SMILES string of the molecule is COc1ccc(CN=C(NCC(=O)N(C)C)NC(C)c2ccc(C)c(F)c2)cc1. The van der Waals surface area contributed by atoms with Gasteiger partial charge in [0.25, 0.3) is 0 Å². The lowest BCUT2D eigenvalue weighted by Gasteiger charge is -2.20. The van der Waals surface area contributed by atoms with Crippen LogP contribution in [0.2, 0.25) is 0 Å². The van der Waals surface area contributed by atoms with Crippen LogP contribution in [-0.2, 0) is 11.3 Å². The Balaban J connectivity index is 2.13. The standard InChI is InChI=1S/C22H29FN4O2/c1-15-6-9-18(12-20(15)23)16(2)26-22(25-14-21(28)27(3)4)24-13-17-7-10-19(29-5)11-8-17/h6-12,16H,13-14H2,1-5H3,(H2,24,25,26). The first-order chi connectivity index (χ1) is 13.8. The second-order valence-corrected chi connectivity index (χ2v) is 7.03. The van der Waals surface area contributed by atoms with Crippen molar-refractivity contribution >= 4 is 11.9 Å². The van der Waals surface area contributed by atoms with Crippen LogP contribution < -0.4 is 15.4 Å². The number of hydrogen-bond acceptors (Lipinski definition) is 3. The molecule has 0 saturated carbocycles. The lowest BCUT2D eigenvalue weighted by atomic mass is 10.1. The molecular formula is C22H29FN4O2. The number of rotatable bonds is 7. The van der Waals surface area contributed by atoms with E-state index in [9.17, 15) is 9.18 Å². The third kappa shape index (κ3) is 6.78. The van der Waals surface area contributed by atoms with Gasteiger partial charge in [0.2, 0.25) is 5.91 Å². The third-order valence-electron chi connectivity index (χ3n) is 4.53. The fraction of sp³-hybridized carbons (Fsp3) is 0.364. The summed E-state index contributed by atoms with van der Waals surface area (Å²) >= 11 is 0. The molecule has 156 valence electrons. The molecule has 2 aromatic carbocycles. The summed E-state index contributed by atoms with van der Waals surface area (Å²) in [5.74, 6) is 0.937. The van der Waals surface area contributed by atoms with E-state index in [4.69, 9.17) is 4.74 Å². The van der Waals surface area contributed by atoms with Gasteiger partial charge in [0.15, 0.2) is 5.96 Å². The zero-order valence-electron chi connectivity index (χ0n) is 17.6. The van der Waals surface area contributed by atoms with Crippen molar-refractivity contribution in [1.29, 1.82) is 0 Å². The topological polar surface area (TPSA) is 66.0 Å². The van der Waals surface area contributed by atoms with Crippen LogP contribution in [0.15, 0.2) is 47.5 Å². The van der Waals surface area contributed by atoms with Gasteiger partial charge in [0, 0.05) is 14.1 Å². The van der Waals surface area contributed by atoms with Gasteiger partial charge in [0.05, 0.1) is 26.2 Å². The summed E-state index contributed by atoms with van der Waals surface area (Å²) in [6, 6.07) is 12.6. The minimum absolute atomic E-state index is 0.0713. The van der Waals surface area contributed by atoms with E-state index in [1.807, 2.05) is 37.3 Å². The van der Waals surface area contributed by atoms with Crippen LogP contribution in [0, 0.1) is 12.7 Å². The van der Waals surface area contributed by atoms with Gasteiger partial charge >= 0.3 is 0 Å². The highest BCUT2D eigenvalue weighted by molar-refractivity contribution is 5.86. The molecule has 2 aromatic rings. The van der Waals surface area contributed by atoms with Gasteiger partial charge in [-0.1, -0.05) is 24.3 Å². The van der Waals surface area contributed by atoms with E-state index in [1.165, 1.54) is 11.0 Å². The van der Waals surface area contributed by atoms with E-state index < -0.39 is 0 Å². The van der Waals surface area contributed by atoms with Crippen LogP contribution in [0.3, 0.4) is 0 Å². The average molecular weight is 400 g/mol. The highest BCUT2D eigenvalue weighted by Gasteiger charge is 2.12. The summed E-state index contributed by atoms with van der Waals surface area (Å²) < 4.78 is 19.1. The summed E-state index contributed by atoms with van der Waals surface area (Å²) in [6.45, 7) is 4.18. The molecule has 0 spiro atoms. The number of ether oxygens (including phenoxy) is 1. The molecule has 0 fully saturated rings. The maximum absolute atomic E-state index is 13.9. The number of aryl methyl sites for hydroxylation is 1. The predicted molar refractivity (Wildman–Crippen MR) is 114 cm³/mol. The normalized spacial score (nSPS) is 12.3. The van der Waals surface area contributed by atoms with Crippen molar-refractivity contribution in [2.45, 2.75) is 26.4 Å². The molecule has 0 saturated heterocycles. The number of nitrogens with one attached hydrogen (secondary N) is 2. The van der Waals surface area contributed by atoms with Gasteiger partial charge < -0.3 is 20.3 Å². The number of halogens is 1. The zero-order valence-corrected chi connectivity index (χ0v) is 17.6.